The SMILES string of the molecule is COc1ccc(C(=O)N/N=C(\C)CC(=O)NC2C3CC4CC(C3)CC2C4)c(OC)c1. The quantitative estimate of drug-likeness (QED) is 0.531. The molecular weight excluding hydrogens is 382 g/mol. The van der Waals surface area contributed by atoms with Crippen molar-refractivity contribution in [3.63, 3.8) is 0 Å². The predicted octanol–water partition coefficient (Wildman–Crippen LogP) is 3.14. The third-order valence-corrected chi connectivity index (χ3v) is 6.97. The molecular formula is C23H31N3O4. The average Bonchev–Trinajstić information content (AvgIpc) is 2.73. The molecule has 2 N–H and O–H groups in total. The first-order chi connectivity index (χ1) is 14.5. The maximum absolute atomic E-state index is 12.6. The van der Waals surface area contributed by atoms with E-state index in [0.29, 0.717) is 40.7 Å². The van der Waals surface area contributed by atoms with E-state index in [4.69, 9.17) is 9.47 Å². The molecule has 30 heavy (non-hydrogen) atoms. The molecule has 7 heteroatoms. The van der Waals surface area contributed by atoms with Crippen LogP contribution in [0.4, 0.5) is 0 Å². The fraction of sp³-hybridized carbons (Fsp3) is 0.609. The minimum Gasteiger partial charge on any atom is -0.497 e. The van der Waals surface area contributed by atoms with Crippen molar-refractivity contribution in [3.8, 4) is 11.5 Å². The van der Waals surface area contributed by atoms with Gasteiger partial charge in [-0.3, -0.25) is 9.59 Å². The van der Waals surface area contributed by atoms with E-state index in [1.54, 1.807) is 32.2 Å². The van der Waals surface area contributed by atoms with E-state index in [9.17, 15) is 9.59 Å². The van der Waals surface area contributed by atoms with E-state index in [2.05, 4.69) is 15.8 Å². The minimum absolute atomic E-state index is 0.00926. The normalized spacial score (nSPS) is 29.4. The van der Waals surface area contributed by atoms with Gasteiger partial charge >= 0.3 is 0 Å². The number of methoxy groups -OCH3 is 2. The van der Waals surface area contributed by atoms with Gasteiger partial charge in [0.15, 0.2) is 0 Å². The highest BCUT2D eigenvalue weighted by Crippen LogP contribution is 2.53. The Labute approximate surface area is 177 Å². The first-order valence-electron chi connectivity index (χ1n) is 10.8. The summed E-state index contributed by atoms with van der Waals surface area (Å²) >= 11 is 0. The van der Waals surface area contributed by atoms with Crippen molar-refractivity contribution in [3.05, 3.63) is 23.8 Å². The highest BCUT2D eigenvalue weighted by molar-refractivity contribution is 6.02. The van der Waals surface area contributed by atoms with Gasteiger partial charge in [0, 0.05) is 17.8 Å². The molecule has 0 radical (unpaired) electrons. The molecule has 5 rings (SSSR count). The number of amides is 2. The number of benzene rings is 1. The maximum atomic E-state index is 12.6. The number of hydrogen-bond donors (Lipinski definition) is 2. The number of ether oxygens (including phenoxy) is 2. The monoisotopic (exact) mass is 413 g/mol. The summed E-state index contributed by atoms with van der Waals surface area (Å²) in [5, 5.41) is 7.39. The van der Waals surface area contributed by atoms with E-state index < -0.39 is 5.91 Å². The molecule has 4 saturated carbocycles. The highest BCUT2D eigenvalue weighted by Gasteiger charge is 2.48. The Morgan fingerprint density at radius 3 is 2.30 bits per heavy atom. The van der Waals surface area contributed by atoms with E-state index in [0.717, 1.165) is 11.8 Å². The number of carbonyl (C=O) groups is 2. The third kappa shape index (κ3) is 4.30. The molecule has 0 saturated heterocycles. The van der Waals surface area contributed by atoms with Crippen LogP contribution >= 0.6 is 0 Å². The van der Waals surface area contributed by atoms with Crippen LogP contribution in [-0.4, -0.2) is 37.8 Å². The summed E-state index contributed by atoms with van der Waals surface area (Å²) in [5.74, 6) is 3.65. The number of nitrogens with zero attached hydrogens (tertiary/aromatic N) is 1. The summed E-state index contributed by atoms with van der Waals surface area (Å²) in [5.41, 5.74) is 3.44. The molecule has 4 bridgehead atoms. The van der Waals surface area contributed by atoms with Crippen LogP contribution in [0, 0.1) is 23.7 Å². The van der Waals surface area contributed by atoms with Crippen molar-refractivity contribution in [1.29, 1.82) is 0 Å². The van der Waals surface area contributed by atoms with Crippen LogP contribution in [0.2, 0.25) is 0 Å². The van der Waals surface area contributed by atoms with Gasteiger partial charge in [-0.05, 0) is 74.8 Å². The third-order valence-electron chi connectivity index (χ3n) is 6.97. The molecule has 0 atom stereocenters. The van der Waals surface area contributed by atoms with E-state index in [1.807, 2.05) is 0 Å². The Hall–Kier alpha value is -2.57. The van der Waals surface area contributed by atoms with Gasteiger partial charge in [0.05, 0.1) is 26.2 Å². The molecule has 1 aromatic rings. The Morgan fingerprint density at radius 2 is 1.70 bits per heavy atom. The standard InChI is InChI=1S/C23H31N3O4/c1-13(25-26-23(28)19-5-4-18(29-2)12-20(19)30-3)6-21(27)24-22-16-8-14-7-15(10-16)11-17(22)9-14/h4-5,12,14-17,22H,6-11H2,1-3H3,(H,24,27)(H,26,28)/b25-13+. The second-order valence-electron chi connectivity index (χ2n) is 9.06. The molecule has 4 fully saturated rings. The van der Waals surface area contributed by atoms with Gasteiger partial charge < -0.3 is 14.8 Å². The van der Waals surface area contributed by atoms with Crippen LogP contribution in [0.25, 0.3) is 0 Å². The lowest BCUT2D eigenvalue weighted by Crippen LogP contribution is -2.56. The first kappa shape index (κ1) is 20.7. The van der Waals surface area contributed by atoms with Crippen molar-refractivity contribution in [2.75, 3.05) is 14.2 Å². The van der Waals surface area contributed by atoms with Crippen molar-refractivity contribution in [2.45, 2.75) is 51.5 Å². The zero-order valence-electron chi connectivity index (χ0n) is 17.9. The first-order valence-corrected chi connectivity index (χ1v) is 10.8. The summed E-state index contributed by atoms with van der Waals surface area (Å²) in [6.45, 7) is 1.75. The summed E-state index contributed by atoms with van der Waals surface area (Å²) in [7, 11) is 3.05. The molecule has 7 nitrogen and oxygen atoms in total. The fourth-order valence-corrected chi connectivity index (χ4v) is 5.86. The lowest BCUT2D eigenvalue weighted by molar-refractivity contribution is -0.123. The lowest BCUT2D eigenvalue weighted by atomic mass is 9.54. The molecule has 162 valence electrons. The molecule has 2 amide bonds. The molecule has 0 unspecified atom stereocenters. The lowest BCUT2D eigenvalue weighted by Gasteiger charge is -2.54. The van der Waals surface area contributed by atoms with Crippen molar-refractivity contribution < 1.29 is 19.1 Å². The topological polar surface area (TPSA) is 89.0 Å². The van der Waals surface area contributed by atoms with Crippen LogP contribution in [0.3, 0.4) is 0 Å². The molecule has 0 spiro atoms. The Kier molecular flexibility index (Phi) is 5.97. The van der Waals surface area contributed by atoms with Crippen LogP contribution < -0.4 is 20.2 Å². The fourth-order valence-electron chi connectivity index (χ4n) is 5.86. The van der Waals surface area contributed by atoms with Gasteiger partial charge in [-0.2, -0.15) is 5.10 Å². The van der Waals surface area contributed by atoms with Crippen molar-refractivity contribution in [1.82, 2.24) is 10.7 Å². The summed E-state index contributed by atoms with van der Waals surface area (Å²) < 4.78 is 10.4. The summed E-state index contributed by atoms with van der Waals surface area (Å²) in [4.78, 5) is 25.1. The smallest absolute Gasteiger partial charge is 0.275 e. The number of rotatable bonds is 7. The van der Waals surface area contributed by atoms with Gasteiger partial charge in [-0.15, -0.1) is 0 Å². The zero-order chi connectivity index (χ0) is 21.3. The Morgan fingerprint density at radius 1 is 1.03 bits per heavy atom. The van der Waals surface area contributed by atoms with Gasteiger partial charge in [0.2, 0.25) is 5.91 Å². The highest BCUT2D eigenvalue weighted by atomic mass is 16.5. The molecule has 4 aliphatic carbocycles. The second kappa shape index (κ2) is 8.66. The van der Waals surface area contributed by atoms with E-state index in [1.165, 1.54) is 39.2 Å². The minimum atomic E-state index is -0.393. The van der Waals surface area contributed by atoms with Crippen molar-refractivity contribution in [2.24, 2.45) is 28.8 Å². The van der Waals surface area contributed by atoms with E-state index in [-0.39, 0.29) is 12.3 Å². The van der Waals surface area contributed by atoms with Gasteiger partial charge in [-0.1, -0.05) is 0 Å². The number of hydrazone groups is 1. The molecule has 1 aromatic carbocycles. The van der Waals surface area contributed by atoms with E-state index >= 15 is 0 Å². The number of hydrogen-bond acceptors (Lipinski definition) is 5. The predicted molar refractivity (Wildman–Crippen MR) is 114 cm³/mol. The largest absolute Gasteiger partial charge is 0.497 e. The van der Waals surface area contributed by atoms with Gasteiger partial charge in [-0.25, -0.2) is 5.43 Å². The number of nitrogens with one attached hydrogen (secondary N) is 2. The van der Waals surface area contributed by atoms with Gasteiger partial charge in [0.25, 0.3) is 5.91 Å². The molecule has 0 aliphatic heterocycles. The van der Waals surface area contributed by atoms with Crippen LogP contribution in [0.1, 0.15) is 55.8 Å². The van der Waals surface area contributed by atoms with Crippen molar-refractivity contribution >= 4 is 17.5 Å². The van der Waals surface area contributed by atoms with Gasteiger partial charge in [0.1, 0.15) is 11.5 Å². The molecule has 4 aliphatic rings. The molecule has 0 heterocycles. The Balaban J connectivity index is 1.31. The number of carbonyl (C=O) groups excluding carboxylic acids is 2. The second-order valence-corrected chi connectivity index (χ2v) is 9.06. The Bertz CT molecular complexity index is 823. The van der Waals surface area contributed by atoms with Crippen LogP contribution in [0.5, 0.6) is 11.5 Å². The van der Waals surface area contributed by atoms with Crippen LogP contribution in [-0.2, 0) is 4.79 Å². The summed E-state index contributed by atoms with van der Waals surface area (Å²) in [6.07, 6.45) is 6.66. The maximum Gasteiger partial charge on any atom is 0.275 e. The molecule has 0 aromatic heterocycles. The van der Waals surface area contributed by atoms with Crippen LogP contribution in [0.15, 0.2) is 23.3 Å². The zero-order valence-corrected chi connectivity index (χ0v) is 17.9. The summed E-state index contributed by atoms with van der Waals surface area (Å²) in [6, 6.07) is 5.27. The average molecular weight is 414 g/mol.